The summed E-state index contributed by atoms with van der Waals surface area (Å²) in [7, 11) is 1.64. The van der Waals surface area contributed by atoms with Crippen molar-refractivity contribution in [2.45, 2.75) is 25.9 Å². The lowest BCUT2D eigenvalue weighted by Crippen LogP contribution is -2.31. The summed E-state index contributed by atoms with van der Waals surface area (Å²) in [5.41, 5.74) is 1.66. The average molecular weight is 277 g/mol. The summed E-state index contributed by atoms with van der Waals surface area (Å²) >= 11 is 0. The molecule has 4 heteroatoms. The van der Waals surface area contributed by atoms with Crippen LogP contribution < -0.4 is 5.32 Å². The van der Waals surface area contributed by atoms with Gasteiger partial charge in [0.1, 0.15) is 0 Å². The van der Waals surface area contributed by atoms with E-state index in [4.69, 9.17) is 4.74 Å². The van der Waals surface area contributed by atoms with Gasteiger partial charge in [-0.15, -0.1) is 0 Å². The van der Waals surface area contributed by atoms with Crippen molar-refractivity contribution in [3.8, 4) is 0 Å². The molecule has 1 aliphatic rings. The number of hydrogen-bond donors (Lipinski definition) is 2. The third kappa shape index (κ3) is 3.81. The van der Waals surface area contributed by atoms with Crippen LogP contribution in [-0.2, 0) is 11.3 Å². The highest BCUT2D eigenvalue weighted by molar-refractivity contribution is 5.94. The van der Waals surface area contributed by atoms with Crippen molar-refractivity contribution in [2.75, 3.05) is 20.3 Å². The van der Waals surface area contributed by atoms with Gasteiger partial charge in [0.15, 0.2) is 0 Å². The minimum Gasteiger partial charge on any atom is -0.396 e. The summed E-state index contributed by atoms with van der Waals surface area (Å²) in [6.07, 6.45) is 3.31. The number of amides is 1. The molecular formula is C16H23NO3. The molecule has 1 saturated carbocycles. The lowest BCUT2D eigenvalue weighted by atomic mass is 9.97. The predicted molar refractivity (Wildman–Crippen MR) is 77.4 cm³/mol. The fourth-order valence-corrected chi connectivity index (χ4v) is 2.92. The van der Waals surface area contributed by atoms with E-state index in [0.29, 0.717) is 30.6 Å². The van der Waals surface area contributed by atoms with Crippen molar-refractivity contribution >= 4 is 5.91 Å². The maximum atomic E-state index is 12.1. The highest BCUT2D eigenvalue weighted by Gasteiger charge is 2.26. The molecule has 1 aromatic rings. The summed E-state index contributed by atoms with van der Waals surface area (Å²) in [6.45, 7) is 1.39. The van der Waals surface area contributed by atoms with Crippen LogP contribution >= 0.6 is 0 Å². The predicted octanol–water partition coefficient (Wildman–Crippen LogP) is 1.97. The van der Waals surface area contributed by atoms with Crippen molar-refractivity contribution in [2.24, 2.45) is 11.8 Å². The number of methoxy groups -OCH3 is 1. The summed E-state index contributed by atoms with van der Waals surface area (Å²) in [6, 6.07) is 7.48. The second-order valence-electron chi connectivity index (χ2n) is 5.48. The van der Waals surface area contributed by atoms with Gasteiger partial charge in [0.05, 0.1) is 6.61 Å². The Morgan fingerprint density at radius 1 is 1.40 bits per heavy atom. The Balaban J connectivity index is 1.89. The fourth-order valence-electron chi connectivity index (χ4n) is 2.92. The Hall–Kier alpha value is -1.39. The van der Waals surface area contributed by atoms with E-state index in [1.807, 2.05) is 24.3 Å². The first-order valence-electron chi connectivity index (χ1n) is 7.21. The van der Waals surface area contributed by atoms with E-state index in [1.54, 1.807) is 7.11 Å². The smallest absolute Gasteiger partial charge is 0.251 e. The summed E-state index contributed by atoms with van der Waals surface area (Å²) in [5.74, 6) is 0.702. The van der Waals surface area contributed by atoms with Crippen LogP contribution in [0.5, 0.6) is 0 Å². The molecule has 0 aromatic heterocycles. The molecule has 2 N–H and O–H groups in total. The Labute approximate surface area is 120 Å². The van der Waals surface area contributed by atoms with Crippen molar-refractivity contribution in [1.82, 2.24) is 5.32 Å². The highest BCUT2D eigenvalue weighted by Crippen LogP contribution is 2.30. The third-order valence-electron chi connectivity index (χ3n) is 4.08. The number of carbonyl (C=O) groups is 1. The summed E-state index contributed by atoms with van der Waals surface area (Å²) < 4.78 is 5.07. The lowest BCUT2D eigenvalue weighted by Gasteiger charge is -2.17. The number of aliphatic hydroxyl groups is 1. The van der Waals surface area contributed by atoms with Gasteiger partial charge in [-0.3, -0.25) is 4.79 Å². The van der Waals surface area contributed by atoms with Gasteiger partial charge in [-0.05, 0) is 42.4 Å². The molecular weight excluding hydrogens is 254 g/mol. The molecule has 20 heavy (non-hydrogen) atoms. The highest BCUT2D eigenvalue weighted by atomic mass is 16.5. The van der Waals surface area contributed by atoms with Crippen LogP contribution in [0.2, 0.25) is 0 Å². The van der Waals surface area contributed by atoms with Crippen LogP contribution in [0.4, 0.5) is 0 Å². The lowest BCUT2D eigenvalue weighted by molar-refractivity contribution is 0.0937. The van der Waals surface area contributed by atoms with E-state index in [2.05, 4.69) is 5.32 Å². The van der Waals surface area contributed by atoms with Gasteiger partial charge >= 0.3 is 0 Å². The first-order chi connectivity index (χ1) is 9.74. The zero-order valence-corrected chi connectivity index (χ0v) is 12.0. The number of aliphatic hydroxyl groups excluding tert-OH is 1. The fraction of sp³-hybridized carbons (Fsp3) is 0.562. The molecule has 1 aliphatic carbocycles. The molecule has 0 radical (unpaired) electrons. The van der Waals surface area contributed by atoms with E-state index in [0.717, 1.165) is 24.8 Å². The number of hydrogen-bond acceptors (Lipinski definition) is 3. The second-order valence-corrected chi connectivity index (χ2v) is 5.48. The van der Waals surface area contributed by atoms with Crippen molar-refractivity contribution in [3.05, 3.63) is 35.4 Å². The van der Waals surface area contributed by atoms with Gasteiger partial charge < -0.3 is 15.2 Å². The van der Waals surface area contributed by atoms with Gasteiger partial charge in [0.25, 0.3) is 5.91 Å². The van der Waals surface area contributed by atoms with Crippen LogP contribution in [0.15, 0.2) is 24.3 Å². The van der Waals surface area contributed by atoms with Gasteiger partial charge in [0, 0.05) is 25.8 Å². The largest absolute Gasteiger partial charge is 0.396 e. The monoisotopic (exact) mass is 277 g/mol. The molecule has 0 saturated heterocycles. The summed E-state index contributed by atoms with van der Waals surface area (Å²) in [5, 5.41) is 12.3. The Morgan fingerprint density at radius 2 is 2.20 bits per heavy atom. The number of carbonyl (C=O) groups excluding carboxylic acids is 1. The normalized spacial score (nSPS) is 21.9. The minimum absolute atomic E-state index is 0.0495. The zero-order valence-electron chi connectivity index (χ0n) is 12.0. The number of benzene rings is 1. The van der Waals surface area contributed by atoms with Gasteiger partial charge in [0.2, 0.25) is 0 Å². The second kappa shape index (κ2) is 7.41. The Bertz CT molecular complexity index is 447. The molecule has 0 bridgehead atoms. The van der Waals surface area contributed by atoms with E-state index in [1.165, 1.54) is 0 Å². The zero-order chi connectivity index (χ0) is 14.4. The Morgan fingerprint density at radius 3 is 2.95 bits per heavy atom. The van der Waals surface area contributed by atoms with Crippen LogP contribution in [-0.4, -0.2) is 31.3 Å². The van der Waals surface area contributed by atoms with Crippen molar-refractivity contribution in [3.63, 3.8) is 0 Å². The molecule has 1 aromatic carbocycles. The molecule has 2 unspecified atom stereocenters. The standard InChI is InChI=1S/C16H23NO3/c1-20-11-12-4-2-5-13(8-12)16(19)17-9-14-6-3-7-15(14)10-18/h2,4-5,8,14-15,18H,3,6-7,9-11H2,1H3,(H,17,19). The molecule has 1 amide bonds. The van der Waals surface area contributed by atoms with Gasteiger partial charge in [-0.1, -0.05) is 18.6 Å². The molecule has 4 nitrogen and oxygen atoms in total. The molecule has 2 atom stereocenters. The average Bonchev–Trinajstić information content (AvgIpc) is 2.93. The third-order valence-corrected chi connectivity index (χ3v) is 4.08. The quantitative estimate of drug-likeness (QED) is 0.836. The first-order valence-corrected chi connectivity index (χ1v) is 7.21. The van der Waals surface area contributed by atoms with E-state index in [-0.39, 0.29) is 12.5 Å². The molecule has 110 valence electrons. The van der Waals surface area contributed by atoms with Crippen molar-refractivity contribution in [1.29, 1.82) is 0 Å². The van der Waals surface area contributed by atoms with Gasteiger partial charge in [-0.2, -0.15) is 0 Å². The topological polar surface area (TPSA) is 58.6 Å². The van der Waals surface area contributed by atoms with Crippen LogP contribution in [0, 0.1) is 11.8 Å². The minimum atomic E-state index is -0.0495. The van der Waals surface area contributed by atoms with Crippen molar-refractivity contribution < 1.29 is 14.6 Å². The number of rotatable bonds is 6. The number of nitrogens with one attached hydrogen (secondary N) is 1. The SMILES string of the molecule is COCc1cccc(C(=O)NCC2CCCC2CO)c1. The molecule has 0 aliphatic heterocycles. The molecule has 2 rings (SSSR count). The summed E-state index contributed by atoms with van der Waals surface area (Å²) in [4.78, 5) is 12.1. The maximum absolute atomic E-state index is 12.1. The van der Waals surface area contributed by atoms with Crippen LogP contribution in [0.25, 0.3) is 0 Å². The number of ether oxygens (including phenoxy) is 1. The molecule has 0 spiro atoms. The first kappa shape index (κ1) is 15.0. The molecule has 1 fully saturated rings. The van der Waals surface area contributed by atoms with Crippen LogP contribution in [0.1, 0.15) is 35.2 Å². The van der Waals surface area contributed by atoms with E-state index < -0.39 is 0 Å². The van der Waals surface area contributed by atoms with Gasteiger partial charge in [-0.25, -0.2) is 0 Å². The van der Waals surface area contributed by atoms with E-state index in [9.17, 15) is 9.90 Å². The Kier molecular flexibility index (Phi) is 5.56. The molecule has 0 heterocycles. The van der Waals surface area contributed by atoms with Crippen LogP contribution in [0.3, 0.4) is 0 Å². The van der Waals surface area contributed by atoms with E-state index >= 15 is 0 Å². The maximum Gasteiger partial charge on any atom is 0.251 e.